The second-order valence-corrected chi connectivity index (χ2v) is 24.8. The maximum Gasteiger partial charge on any atom is 1.00 e. The van der Waals surface area contributed by atoms with Gasteiger partial charge in [-0.25, -0.2) is 0 Å². The molecule has 4 unspecified atom stereocenters. The van der Waals surface area contributed by atoms with Crippen LogP contribution in [0.25, 0.3) is 0 Å². The number of nitrogens with zero attached hydrogens (tertiary/aromatic N) is 3. The normalized spacial score (nSPS) is 34.0. The van der Waals surface area contributed by atoms with Crippen molar-refractivity contribution in [3.63, 3.8) is 0 Å². The fourth-order valence-electron chi connectivity index (χ4n) is 14.7. The minimum atomic E-state index is -0.957. The third-order valence-corrected chi connectivity index (χ3v) is 20.4. The van der Waals surface area contributed by atoms with E-state index >= 15 is 0 Å². The molecule has 398 valence electrons. The number of halogens is 3. The van der Waals surface area contributed by atoms with Gasteiger partial charge in [0.2, 0.25) is 0 Å². The van der Waals surface area contributed by atoms with Crippen LogP contribution in [-0.2, 0) is 31.0 Å². The van der Waals surface area contributed by atoms with E-state index in [0.29, 0.717) is 46.9 Å². The van der Waals surface area contributed by atoms with Gasteiger partial charge in [-0.15, -0.1) is 0 Å². The summed E-state index contributed by atoms with van der Waals surface area (Å²) in [5, 5.41) is 34.8. The fraction of sp³-hybridized carbons (Fsp3) is 0.700. The number of aliphatic hydroxyl groups excluding tert-OH is 1. The Morgan fingerprint density at radius 1 is 0.521 bits per heavy atom. The molecule has 3 aromatic rings. The van der Waals surface area contributed by atoms with Crippen LogP contribution >= 0.6 is 34.8 Å². The van der Waals surface area contributed by atoms with E-state index in [2.05, 4.69) is 26.8 Å². The molecule has 0 amide bonds. The monoisotopic (exact) mass is 1070 g/mol. The van der Waals surface area contributed by atoms with Crippen LogP contribution < -0.4 is 29.6 Å². The number of fused-ring (bicyclic) bond motifs is 9. The topological polar surface area (TPSA) is 101 Å². The van der Waals surface area contributed by atoms with Gasteiger partial charge in [0.15, 0.2) is 0 Å². The van der Waals surface area contributed by atoms with E-state index in [4.69, 9.17) is 49.0 Å². The van der Waals surface area contributed by atoms with Crippen molar-refractivity contribution in [3.05, 3.63) is 105 Å². The van der Waals surface area contributed by atoms with Gasteiger partial charge in [0.25, 0.3) is 0 Å². The first-order chi connectivity index (χ1) is 35.0. The second kappa shape index (κ2) is 26.0. The van der Waals surface area contributed by atoms with Crippen LogP contribution in [0.1, 0.15) is 134 Å². The first kappa shape index (κ1) is 56.9. The molecule has 3 saturated carbocycles. The predicted octanol–water partition coefficient (Wildman–Crippen LogP) is 8.60. The SMILES string of the molecule is Clc1ccccc1C1(C2CCCC2)CO1.OC1CN2CCC1CC2.O[C@@](COC1CN2CCC1CC2)(c1ccccc1Cl)C1CCCC1.O[C@](COC1CN2CCC1CC2)(c1ccccc1Cl)C1CCCC1.[H-].[Na+]. The van der Waals surface area contributed by atoms with Crippen LogP contribution in [0.15, 0.2) is 72.8 Å². The Balaban J connectivity index is 0.000000137. The molecule has 16 rings (SSSR count). The van der Waals surface area contributed by atoms with E-state index in [9.17, 15) is 15.3 Å². The second-order valence-electron chi connectivity index (χ2n) is 23.6. The van der Waals surface area contributed by atoms with Crippen molar-refractivity contribution < 1.29 is 60.5 Å². The van der Waals surface area contributed by atoms with Crippen molar-refractivity contribution in [3.8, 4) is 0 Å². The summed E-state index contributed by atoms with van der Waals surface area (Å²) in [5.74, 6) is 3.15. The van der Waals surface area contributed by atoms with Gasteiger partial charge in [0, 0.05) is 51.4 Å². The standard InChI is InChI=1S/2C20H28ClNO2.C13H15ClO.C7H13NO.Na.H/c2*21-18-8-4-3-7-17(18)20(23,16-5-1-2-6-16)14-24-19-13-22-11-9-15(19)10-12-22;14-12-8-4-3-7-11(12)13(9-15-13)10-5-1-2-6-10;9-7-5-8-3-1-6(7)2-4-8;;/h2*3-4,7-8,15-16,19,23H,1-2,5-6,9-14H2;3-4,7-8,10H,1-2,5-6,9H2;6-7,9H,1-5H2;;/q;;;;+1;-1/t2*19?,20-;;;;/m10..../s1. The van der Waals surface area contributed by atoms with Gasteiger partial charge >= 0.3 is 29.6 Å². The van der Waals surface area contributed by atoms with Crippen molar-refractivity contribution in [2.24, 2.45) is 35.5 Å². The van der Waals surface area contributed by atoms with Crippen LogP contribution in [0.5, 0.6) is 0 Å². The largest absolute Gasteiger partial charge is 1.00 e. The number of epoxide rings is 1. The number of aliphatic hydroxyl groups is 3. The summed E-state index contributed by atoms with van der Waals surface area (Å²) < 4.78 is 18.5. The Labute approximate surface area is 476 Å². The number of piperidine rings is 9. The molecule has 9 nitrogen and oxygen atoms in total. The number of hydrogen-bond donors (Lipinski definition) is 3. The molecule has 3 N–H and O–H groups in total. The molecule has 0 radical (unpaired) electrons. The van der Waals surface area contributed by atoms with Crippen molar-refractivity contribution in [1.29, 1.82) is 0 Å². The third-order valence-electron chi connectivity index (χ3n) is 19.4. The average molecular weight is 1070 g/mol. The number of hydrogen-bond acceptors (Lipinski definition) is 9. The first-order valence-electron chi connectivity index (χ1n) is 28.4. The van der Waals surface area contributed by atoms with E-state index in [0.717, 1.165) is 68.1 Å². The van der Waals surface area contributed by atoms with Gasteiger partial charge in [-0.05, 0) is 170 Å². The smallest absolute Gasteiger partial charge is 1.00 e. The molecule has 0 aromatic heterocycles. The van der Waals surface area contributed by atoms with E-state index in [1.165, 1.54) is 135 Å². The quantitative estimate of drug-likeness (QED) is 0.122. The molecule has 13 aliphatic rings. The zero-order chi connectivity index (χ0) is 49.7. The molecule has 3 aliphatic carbocycles. The molecule has 0 spiro atoms. The molecule has 73 heavy (non-hydrogen) atoms. The van der Waals surface area contributed by atoms with E-state index in [-0.39, 0.29) is 66.7 Å². The van der Waals surface area contributed by atoms with E-state index in [1.807, 2.05) is 60.7 Å². The molecule has 3 aromatic carbocycles. The van der Waals surface area contributed by atoms with Crippen molar-refractivity contribution in [2.45, 2.75) is 151 Å². The Morgan fingerprint density at radius 3 is 1.22 bits per heavy atom. The van der Waals surface area contributed by atoms with Crippen molar-refractivity contribution in [1.82, 2.24) is 14.7 Å². The Hall–Kier alpha value is -0.830. The molecule has 10 saturated heterocycles. The molecule has 6 bridgehead atoms. The summed E-state index contributed by atoms with van der Waals surface area (Å²) in [6.45, 7) is 11.9. The van der Waals surface area contributed by atoms with Crippen molar-refractivity contribution >= 4 is 34.8 Å². The van der Waals surface area contributed by atoms with E-state index < -0.39 is 11.2 Å². The maximum atomic E-state index is 11.6. The summed E-state index contributed by atoms with van der Waals surface area (Å²) in [7, 11) is 0. The summed E-state index contributed by atoms with van der Waals surface area (Å²) >= 11 is 19.1. The fourth-order valence-corrected chi connectivity index (χ4v) is 15.6. The Kier molecular flexibility index (Phi) is 20.2. The van der Waals surface area contributed by atoms with Gasteiger partial charge in [-0.2, -0.15) is 0 Å². The molecule has 13 fully saturated rings. The van der Waals surface area contributed by atoms with Gasteiger partial charge in [0.1, 0.15) is 16.8 Å². The zero-order valence-electron chi connectivity index (χ0n) is 44.9. The molecule has 10 aliphatic heterocycles. The van der Waals surface area contributed by atoms with Gasteiger partial charge in [-0.3, -0.25) is 0 Å². The van der Waals surface area contributed by atoms with E-state index in [1.54, 1.807) is 0 Å². The van der Waals surface area contributed by atoms with Crippen LogP contribution in [0, 0.1) is 35.5 Å². The summed E-state index contributed by atoms with van der Waals surface area (Å²) in [6.07, 6.45) is 22.2. The van der Waals surface area contributed by atoms with Gasteiger partial charge < -0.3 is 45.7 Å². The molecular weight excluding hydrogens is 988 g/mol. The van der Waals surface area contributed by atoms with Crippen molar-refractivity contribution in [2.75, 3.05) is 78.7 Å². The number of benzene rings is 3. The van der Waals surface area contributed by atoms with Gasteiger partial charge in [0.05, 0.1) is 38.1 Å². The van der Waals surface area contributed by atoms with Crippen LogP contribution in [0.4, 0.5) is 0 Å². The summed E-state index contributed by atoms with van der Waals surface area (Å²) in [6, 6.07) is 23.6. The van der Waals surface area contributed by atoms with Crippen LogP contribution in [0.3, 0.4) is 0 Å². The number of ether oxygens (including phenoxy) is 3. The Morgan fingerprint density at radius 2 is 0.890 bits per heavy atom. The first-order valence-corrected chi connectivity index (χ1v) is 29.6. The van der Waals surface area contributed by atoms with Gasteiger partial charge in [-0.1, -0.05) is 128 Å². The predicted molar refractivity (Wildman–Crippen MR) is 290 cm³/mol. The third kappa shape index (κ3) is 13.3. The molecule has 10 heterocycles. The zero-order valence-corrected chi connectivity index (χ0v) is 48.1. The number of rotatable bonds is 12. The molecule has 6 atom stereocenters. The summed E-state index contributed by atoms with van der Waals surface area (Å²) in [5.41, 5.74) is 0.967. The Bertz CT molecular complexity index is 2090. The van der Waals surface area contributed by atoms with Crippen LogP contribution in [0.2, 0.25) is 15.1 Å². The summed E-state index contributed by atoms with van der Waals surface area (Å²) in [4.78, 5) is 7.34. The molecular formula is C60H85Cl3N3NaO6. The van der Waals surface area contributed by atoms with Crippen LogP contribution in [-0.4, -0.2) is 127 Å². The minimum absolute atomic E-state index is 0. The molecule has 13 heteroatoms. The average Bonchev–Trinajstić information content (AvgIpc) is 3.92. The maximum absolute atomic E-state index is 11.6. The minimum Gasteiger partial charge on any atom is -1.00 e.